The molecule has 0 spiro atoms. The van der Waals surface area contributed by atoms with Crippen LogP contribution < -0.4 is 5.73 Å². The highest BCUT2D eigenvalue weighted by Gasteiger charge is 2.14. The molecule has 2 N–H and O–H groups in total. The third kappa shape index (κ3) is 4.25. The Hall–Kier alpha value is -3.37. The molecule has 0 bridgehead atoms. The summed E-state index contributed by atoms with van der Waals surface area (Å²) < 4.78 is 31.0. The van der Waals surface area contributed by atoms with Crippen LogP contribution in [0.5, 0.6) is 0 Å². The van der Waals surface area contributed by atoms with Gasteiger partial charge < -0.3 is 10.3 Å². The lowest BCUT2D eigenvalue weighted by molar-refractivity contribution is 0.0996. The molecule has 1 amide bonds. The summed E-state index contributed by atoms with van der Waals surface area (Å²) in [4.78, 5) is 15.7. The molecule has 0 aliphatic carbocycles. The first-order valence-electron chi connectivity index (χ1n) is 8.90. The topological polar surface area (TPSA) is 86.7 Å². The van der Waals surface area contributed by atoms with Crippen molar-refractivity contribution in [1.29, 1.82) is 0 Å². The molecule has 156 valence electrons. The fraction of sp³-hybridized carbons (Fsp3) is 0.0476. The van der Waals surface area contributed by atoms with Gasteiger partial charge in [-0.1, -0.05) is 18.7 Å². The van der Waals surface area contributed by atoms with E-state index in [1.807, 2.05) is 0 Å². The van der Waals surface area contributed by atoms with Crippen molar-refractivity contribution in [2.24, 2.45) is 12.8 Å². The summed E-state index contributed by atoms with van der Waals surface area (Å²) in [5, 5.41) is 8.74. The Morgan fingerprint density at radius 2 is 2.03 bits per heavy atom. The third-order valence-electron chi connectivity index (χ3n) is 4.49. The third-order valence-corrected chi connectivity index (χ3v) is 6.36. The zero-order valence-corrected chi connectivity index (χ0v) is 17.8. The van der Waals surface area contributed by atoms with Crippen molar-refractivity contribution >= 4 is 50.9 Å². The molecule has 0 unspecified atom stereocenters. The number of rotatable bonds is 6. The summed E-state index contributed by atoms with van der Waals surface area (Å²) in [6.45, 7) is 3.91. The number of thiazole rings is 1. The van der Waals surface area contributed by atoms with E-state index in [1.54, 1.807) is 41.4 Å². The van der Waals surface area contributed by atoms with Crippen molar-refractivity contribution in [3.8, 4) is 0 Å². The molecule has 0 fully saturated rings. The van der Waals surface area contributed by atoms with Crippen LogP contribution in [0, 0.1) is 11.6 Å². The highest BCUT2D eigenvalue weighted by molar-refractivity contribution is 7.99. The first-order chi connectivity index (χ1) is 14.8. The van der Waals surface area contributed by atoms with Gasteiger partial charge in [-0.3, -0.25) is 4.79 Å². The van der Waals surface area contributed by atoms with Crippen molar-refractivity contribution in [1.82, 2.24) is 19.7 Å². The number of fused-ring (bicyclic) bond motifs is 1. The van der Waals surface area contributed by atoms with E-state index in [2.05, 4.69) is 21.8 Å². The molecule has 2 aromatic heterocycles. The number of benzene rings is 2. The molecule has 2 heterocycles. The van der Waals surface area contributed by atoms with E-state index in [-0.39, 0.29) is 11.4 Å². The van der Waals surface area contributed by atoms with E-state index in [4.69, 9.17) is 5.73 Å². The lowest BCUT2D eigenvalue weighted by Crippen LogP contribution is -2.13. The van der Waals surface area contributed by atoms with Crippen LogP contribution in [0.3, 0.4) is 0 Å². The second-order valence-electron chi connectivity index (χ2n) is 6.52. The Morgan fingerprint density at radius 3 is 2.77 bits per heavy atom. The number of allylic oxidation sites excluding steroid dienone is 2. The summed E-state index contributed by atoms with van der Waals surface area (Å²) in [6.07, 6.45) is 3.32. The minimum absolute atomic E-state index is 0.181. The van der Waals surface area contributed by atoms with Crippen LogP contribution in [-0.4, -0.2) is 25.7 Å². The normalized spacial score (nSPS) is 11.5. The SMILES string of the molecule is C=C(/C=C\c1nnc(Sc2cc3scnc3cc2F)n1C)c1ccc(C(N)=O)c(F)c1. The molecule has 0 saturated heterocycles. The fourth-order valence-electron chi connectivity index (χ4n) is 2.78. The molecule has 4 rings (SSSR count). The van der Waals surface area contributed by atoms with Crippen molar-refractivity contribution in [3.05, 3.63) is 77.1 Å². The molecule has 0 aliphatic heterocycles. The zero-order chi connectivity index (χ0) is 22.1. The van der Waals surface area contributed by atoms with Crippen LogP contribution in [0.2, 0.25) is 0 Å². The predicted molar refractivity (Wildman–Crippen MR) is 118 cm³/mol. The Labute approximate surface area is 184 Å². The summed E-state index contributed by atoms with van der Waals surface area (Å²) in [5.74, 6) is -1.41. The maximum absolute atomic E-state index is 14.4. The van der Waals surface area contributed by atoms with Crippen LogP contribution in [0.25, 0.3) is 21.9 Å². The smallest absolute Gasteiger partial charge is 0.251 e. The van der Waals surface area contributed by atoms with Gasteiger partial charge in [0.05, 0.1) is 26.2 Å². The van der Waals surface area contributed by atoms with Crippen LogP contribution in [0.4, 0.5) is 8.78 Å². The van der Waals surface area contributed by atoms with E-state index >= 15 is 0 Å². The zero-order valence-electron chi connectivity index (χ0n) is 16.2. The van der Waals surface area contributed by atoms with Crippen molar-refractivity contribution in [2.75, 3.05) is 0 Å². The lowest BCUT2D eigenvalue weighted by atomic mass is 10.0. The highest BCUT2D eigenvalue weighted by atomic mass is 32.2. The van der Waals surface area contributed by atoms with Gasteiger partial charge in [-0.05, 0) is 47.2 Å². The van der Waals surface area contributed by atoms with Gasteiger partial charge in [0.1, 0.15) is 11.6 Å². The maximum Gasteiger partial charge on any atom is 0.251 e. The van der Waals surface area contributed by atoms with Gasteiger partial charge in [-0.15, -0.1) is 21.5 Å². The molecular weight excluding hydrogens is 440 g/mol. The standard InChI is InChI=1S/C21H15F2N5OS2/c1-11(12-4-5-13(20(24)29)14(22)7-12)3-6-19-26-27-21(28(19)2)31-17-9-18-16(8-15(17)23)25-10-30-18/h3-10H,1H2,2H3,(H2,24,29)/b6-3-. The quantitative estimate of drug-likeness (QED) is 0.427. The number of carbonyl (C=O) groups excluding carboxylic acids is 1. The first kappa shape index (κ1) is 20.9. The number of primary amides is 1. The molecule has 10 heteroatoms. The van der Waals surface area contributed by atoms with Gasteiger partial charge >= 0.3 is 0 Å². The summed E-state index contributed by atoms with van der Waals surface area (Å²) in [6, 6.07) is 7.22. The average Bonchev–Trinajstić information content (AvgIpc) is 3.32. The van der Waals surface area contributed by atoms with Crippen molar-refractivity contribution in [2.45, 2.75) is 10.1 Å². The lowest BCUT2D eigenvalue weighted by Gasteiger charge is -2.05. The van der Waals surface area contributed by atoms with E-state index in [1.165, 1.54) is 29.5 Å². The number of nitrogens with two attached hydrogens (primary N) is 1. The van der Waals surface area contributed by atoms with Gasteiger partial charge in [0, 0.05) is 13.1 Å². The fourth-order valence-corrected chi connectivity index (χ4v) is 4.40. The maximum atomic E-state index is 14.4. The van der Waals surface area contributed by atoms with Crippen molar-refractivity contribution in [3.63, 3.8) is 0 Å². The summed E-state index contributed by atoms with van der Waals surface area (Å²) >= 11 is 2.60. The number of amides is 1. The Bertz CT molecular complexity index is 1360. The largest absolute Gasteiger partial charge is 0.366 e. The molecule has 0 saturated carbocycles. The highest BCUT2D eigenvalue weighted by Crippen LogP contribution is 2.33. The monoisotopic (exact) mass is 455 g/mol. The van der Waals surface area contributed by atoms with Gasteiger partial charge in [-0.2, -0.15) is 0 Å². The minimum Gasteiger partial charge on any atom is -0.366 e. The van der Waals surface area contributed by atoms with Gasteiger partial charge in [0.25, 0.3) is 5.91 Å². The summed E-state index contributed by atoms with van der Waals surface area (Å²) in [5.41, 5.74) is 8.23. The van der Waals surface area contributed by atoms with E-state index in [0.717, 1.165) is 16.5 Å². The molecule has 0 atom stereocenters. The van der Waals surface area contributed by atoms with Crippen LogP contribution in [-0.2, 0) is 7.05 Å². The number of carbonyl (C=O) groups is 1. The second-order valence-corrected chi connectivity index (χ2v) is 8.42. The molecule has 0 radical (unpaired) electrons. The molecule has 6 nitrogen and oxygen atoms in total. The van der Waals surface area contributed by atoms with Gasteiger partial charge in [0.2, 0.25) is 0 Å². The second kappa shape index (κ2) is 8.40. The van der Waals surface area contributed by atoms with Crippen LogP contribution >= 0.6 is 23.1 Å². The number of nitrogens with zero attached hydrogens (tertiary/aromatic N) is 4. The molecule has 2 aromatic carbocycles. The molecule has 0 aliphatic rings. The Kier molecular flexibility index (Phi) is 5.66. The Balaban J connectivity index is 1.53. The van der Waals surface area contributed by atoms with E-state index in [9.17, 15) is 13.6 Å². The van der Waals surface area contributed by atoms with E-state index in [0.29, 0.717) is 32.5 Å². The average molecular weight is 456 g/mol. The number of aromatic nitrogens is 4. The van der Waals surface area contributed by atoms with Gasteiger partial charge in [-0.25, -0.2) is 13.8 Å². The minimum atomic E-state index is -0.833. The summed E-state index contributed by atoms with van der Waals surface area (Å²) in [7, 11) is 1.76. The number of hydrogen-bond donors (Lipinski definition) is 1. The van der Waals surface area contributed by atoms with Gasteiger partial charge in [0.15, 0.2) is 11.0 Å². The van der Waals surface area contributed by atoms with Crippen LogP contribution in [0.15, 0.2) is 58.5 Å². The number of hydrogen-bond acceptors (Lipinski definition) is 6. The molecular formula is C21H15F2N5OS2. The first-order valence-corrected chi connectivity index (χ1v) is 10.6. The Morgan fingerprint density at radius 1 is 1.23 bits per heavy atom. The van der Waals surface area contributed by atoms with Crippen molar-refractivity contribution < 1.29 is 13.6 Å². The molecule has 4 aromatic rings. The number of halogens is 2. The van der Waals surface area contributed by atoms with E-state index < -0.39 is 11.7 Å². The van der Waals surface area contributed by atoms with Crippen LogP contribution in [0.1, 0.15) is 21.7 Å². The predicted octanol–water partition coefficient (Wildman–Crippen LogP) is 4.68. The molecule has 31 heavy (non-hydrogen) atoms.